The van der Waals surface area contributed by atoms with Crippen LogP contribution in [0.5, 0.6) is 11.5 Å². The molecule has 1 aliphatic heterocycles. The molecule has 0 bridgehead atoms. The maximum absolute atomic E-state index is 13.1. The van der Waals surface area contributed by atoms with E-state index in [2.05, 4.69) is 52.3 Å². The van der Waals surface area contributed by atoms with E-state index < -0.39 is 0 Å². The van der Waals surface area contributed by atoms with Gasteiger partial charge in [-0.15, -0.1) is 11.5 Å². The summed E-state index contributed by atoms with van der Waals surface area (Å²) in [5.41, 5.74) is 2.71. The van der Waals surface area contributed by atoms with Crippen molar-refractivity contribution < 1.29 is 10.2 Å². The van der Waals surface area contributed by atoms with Crippen molar-refractivity contribution in [3.8, 4) is 11.5 Å². The number of benzene rings is 5. The Morgan fingerprint density at radius 3 is 1.21 bits per heavy atom. The van der Waals surface area contributed by atoms with Crippen LogP contribution in [0, 0.1) is 18.2 Å². The summed E-state index contributed by atoms with van der Waals surface area (Å²) < 4.78 is 0. The van der Waals surface area contributed by atoms with Crippen LogP contribution < -0.4 is 20.0 Å². The number of para-hydroxylation sites is 1. The first kappa shape index (κ1) is 39.3. The average molecular weight is 734 g/mol. The van der Waals surface area contributed by atoms with Crippen LogP contribution in [0.1, 0.15) is 52.7 Å². The molecule has 0 spiro atoms. The summed E-state index contributed by atoms with van der Waals surface area (Å²) >= 11 is 0. The molecular weight excluding hydrogens is 686 g/mol. The molecule has 5 heteroatoms. The second-order valence-corrected chi connectivity index (χ2v) is 13.0. The molecule has 1 fully saturated rings. The van der Waals surface area contributed by atoms with Crippen molar-refractivity contribution in [2.24, 2.45) is 0 Å². The van der Waals surface area contributed by atoms with Crippen LogP contribution in [0.3, 0.4) is 0 Å². The molecule has 1 saturated heterocycles. The van der Waals surface area contributed by atoms with Gasteiger partial charge in [0.1, 0.15) is 0 Å². The Kier molecular flexibility index (Phi) is 16.5. The Morgan fingerprint density at radius 1 is 0.511 bits per heavy atom. The summed E-state index contributed by atoms with van der Waals surface area (Å²) in [6, 6.07) is 49.9. The van der Waals surface area contributed by atoms with Crippen LogP contribution >= 0.6 is 0 Å². The molecule has 5 aromatic carbocycles. The van der Waals surface area contributed by atoms with Gasteiger partial charge in [0.25, 0.3) is 0 Å². The van der Waals surface area contributed by atoms with Gasteiger partial charge in [0.05, 0.1) is 0 Å². The van der Waals surface area contributed by atoms with E-state index in [0.717, 1.165) is 31.9 Å². The van der Waals surface area contributed by atoms with E-state index in [1.165, 1.54) is 5.69 Å². The molecule has 0 aromatic heterocycles. The molecule has 1 aliphatic rings. The monoisotopic (exact) mass is 732 g/mol. The van der Waals surface area contributed by atoms with Crippen molar-refractivity contribution in [3.63, 3.8) is 0 Å². The minimum atomic E-state index is -0.376. The Hall–Kier alpha value is -3.88. The third kappa shape index (κ3) is 13.0. The van der Waals surface area contributed by atoms with E-state index in [4.69, 9.17) is 0 Å². The minimum absolute atomic E-state index is 0. The molecule has 0 unspecified atom stereocenters. The standard InChI is InChI=1S/C24H34N2O2.3C6H5.Sb/c1-23(2,3)18-16-19(20(24(4,5)6)22(28)21(18)27)26-14-12-25(13-15-26)17-10-8-7-9-11-17;3*1-2-4-6-5-3-1;/h7-11,16,27-28H,12-15H2,1-6H3;3*1-5H;/p-2. The number of anilines is 2. The van der Waals surface area contributed by atoms with E-state index in [1.54, 1.807) is 0 Å². The van der Waals surface area contributed by atoms with Crippen LogP contribution in [0.2, 0.25) is 0 Å². The number of piperazine rings is 1. The van der Waals surface area contributed by atoms with Crippen LogP contribution in [0.25, 0.3) is 0 Å². The molecule has 6 radical (unpaired) electrons. The zero-order valence-electron chi connectivity index (χ0n) is 28.6. The van der Waals surface area contributed by atoms with Crippen molar-refractivity contribution in [2.45, 2.75) is 52.4 Å². The average Bonchev–Trinajstić information content (AvgIpc) is 3.08. The number of nitrogens with zero attached hydrogens (tertiary/aromatic N) is 2. The third-order valence-corrected chi connectivity index (χ3v) is 7.34. The van der Waals surface area contributed by atoms with Gasteiger partial charge in [-0.05, 0) is 58.4 Å². The fourth-order valence-corrected chi connectivity index (χ4v) is 5.03. The molecule has 0 N–H and O–H groups in total. The Balaban J connectivity index is 0.000000323. The summed E-state index contributed by atoms with van der Waals surface area (Å²) in [4.78, 5) is 4.66. The SMILES string of the molecule is CC(C)(C)c1cc(N2CCN(c3ccccc3)CC2)c(C(C)(C)C)c([O-])c1[O-].[Sb].[c]1ccccc1.[c]1ccccc1.[c]1ccccc1. The summed E-state index contributed by atoms with van der Waals surface area (Å²) in [6.45, 7) is 15.5. The van der Waals surface area contributed by atoms with E-state index in [-0.39, 0.29) is 46.8 Å². The molecule has 6 rings (SSSR count). The normalized spacial score (nSPS) is 12.5. The fourth-order valence-electron chi connectivity index (χ4n) is 5.03. The molecule has 5 aromatic rings. The van der Waals surface area contributed by atoms with Crippen molar-refractivity contribution in [3.05, 3.63) is 157 Å². The molecule has 47 heavy (non-hydrogen) atoms. The third-order valence-electron chi connectivity index (χ3n) is 7.34. The van der Waals surface area contributed by atoms with Gasteiger partial charge in [-0.2, -0.15) is 0 Å². The molecule has 1 heterocycles. The van der Waals surface area contributed by atoms with Crippen molar-refractivity contribution in [1.29, 1.82) is 0 Å². The molecule has 0 saturated carbocycles. The van der Waals surface area contributed by atoms with Crippen LogP contribution in [0.15, 0.2) is 127 Å². The smallest absolute Gasteiger partial charge is 0.0401 e. The molecule has 0 amide bonds. The number of hydrogen-bond acceptors (Lipinski definition) is 4. The first-order valence-corrected chi connectivity index (χ1v) is 15.8. The van der Waals surface area contributed by atoms with Gasteiger partial charge in [0.15, 0.2) is 0 Å². The minimum Gasteiger partial charge on any atom is -0.873 e. The Bertz CT molecular complexity index is 1360. The molecular formula is C42H47N2O2Sb-2. The summed E-state index contributed by atoms with van der Waals surface area (Å²) in [5, 5.41) is 25.9. The Labute approximate surface area is 301 Å². The van der Waals surface area contributed by atoms with Crippen molar-refractivity contribution in [1.82, 2.24) is 0 Å². The number of hydrogen-bond donors (Lipinski definition) is 0. The van der Waals surface area contributed by atoms with E-state index in [1.807, 2.05) is 145 Å². The fraction of sp³-hybridized carbons (Fsp3) is 0.286. The zero-order chi connectivity index (χ0) is 33.4. The predicted octanol–water partition coefficient (Wildman–Crippen LogP) is 7.83. The molecule has 244 valence electrons. The molecule has 0 atom stereocenters. The van der Waals surface area contributed by atoms with Crippen LogP contribution in [-0.2, 0) is 10.8 Å². The zero-order valence-corrected chi connectivity index (χ0v) is 31.2. The summed E-state index contributed by atoms with van der Waals surface area (Å²) in [6.07, 6.45) is 0. The Morgan fingerprint density at radius 2 is 0.894 bits per heavy atom. The second-order valence-electron chi connectivity index (χ2n) is 13.0. The van der Waals surface area contributed by atoms with Gasteiger partial charge in [-0.1, -0.05) is 151 Å². The van der Waals surface area contributed by atoms with Crippen molar-refractivity contribution in [2.75, 3.05) is 36.0 Å². The number of rotatable bonds is 2. The van der Waals surface area contributed by atoms with Gasteiger partial charge >= 0.3 is 0 Å². The van der Waals surface area contributed by atoms with Gasteiger partial charge in [-0.25, -0.2) is 0 Å². The van der Waals surface area contributed by atoms with E-state index in [9.17, 15) is 10.2 Å². The summed E-state index contributed by atoms with van der Waals surface area (Å²) in [5.74, 6) is -0.676. The molecule has 0 aliphatic carbocycles. The maximum atomic E-state index is 13.1. The second kappa shape index (κ2) is 19.7. The quantitative estimate of drug-likeness (QED) is 0.174. The predicted molar refractivity (Wildman–Crippen MR) is 195 cm³/mol. The van der Waals surface area contributed by atoms with Gasteiger partial charge < -0.3 is 20.0 Å². The van der Waals surface area contributed by atoms with E-state index in [0.29, 0.717) is 11.1 Å². The topological polar surface area (TPSA) is 52.6 Å². The molecule has 4 nitrogen and oxygen atoms in total. The first-order chi connectivity index (χ1) is 22.0. The maximum Gasteiger partial charge on any atom is 0.0401 e. The van der Waals surface area contributed by atoms with Gasteiger partial charge in [-0.3, -0.25) is 0 Å². The van der Waals surface area contributed by atoms with Crippen LogP contribution in [0.4, 0.5) is 11.4 Å². The van der Waals surface area contributed by atoms with Crippen LogP contribution in [-0.4, -0.2) is 50.6 Å². The van der Waals surface area contributed by atoms with Gasteiger partial charge in [0.2, 0.25) is 0 Å². The van der Waals surface area contributed by atoms with E-state index >= 15 is 0 Å². The largest absolute Gasteiger partial charge is 0.873 e. The summed E-state index contributed by atoms with van der Waals surface area (Å²) in [7, 11) is 0. The van der Waals surface area contributed by atoms with Crippen molar-refractivity contribution >= 4 is 35.8 Å². The first-order valence-electron chi connectivity index (χ1n) is 15.8. The van der Waals surface area contributed by atoms with Gasteiger partial charge in [0, 0.05) is 62.0 Å².